The van der Waals surface area contributed by atoms with E-state index >= 15 is 0 Å². The second kappa shape index (κ2) is 5.29. The summed E-state index contributed by atoms with van der Waals surface area (Å²) < 4.78 is 7.16. The Morgan fingerprint density at radius 3 is 2.77 bits per heavy atom. The first kappa shape index (κ1) is 14.3. The Morgan fingerprint density at radius 1 is 1.32 bits per heavy atom. The lowest BCUT2D eigenvalue weighted by Gasteiger charge is -2.06. The number of nitrogens with one attached hydrogen (secondary N) is 1. The summed E-state index contributed by atoms with van der Waals surface area (Å²) in [6.45, 7) is 5.98. The minimum Gasteiger partial charge on any atom is -0.465 e. The lowest BCUT2D eigenvalue weighted by molar-refractivity contribution is 0.0949. The van der Waals surface area contributed by atoms with Crippen molar-refractivity contribution in [2.24, 2.45) is 7.05 Å². The van der Waals surface area contributed by atoms with E-state index in [4.69, 9.17) is 4.42 Å². The van der Waals surface area contributed by atoms with E-state index in [1.807, 2.05) is 40.0 Å². The van der Waals surface area contributed by atoms with E-state index in [1.54, 1.807) is 10.7 Å². The minimum absolute atomic E-state index is 0.152. The van der Waals surface area contributed by atoms with E-state index in [2.05, 4.69) is 15.4 Å². The number of aromatic nitrogens is 3. The van der Waals surface area contributed by atoms with Crippen LogP contribution in [0, 0.1) is 20.8 Å². The molecule has 0 saturated carbocycles. The average molecular weight is 298 g/mol. The number of carbonyl (C=O) groups is 1. The third-order valence-electron chi connectivity index (χ3n) is 3.56. The molecule has 0 atom stereocenters. The second-order valence-electron chi connectivity index (χ2n) is 5.41. The van der Waals surface area contributed by atoms with Gasteiger partial charge in [0.15, 0.2) is 5.65 Å². The zero-order valence-electron chi connectivity index (χ0n) is 13.1. The van der Waals surface area contributed by atoms with Crippen LogP contribution in [0.25, 0.3) is 11.0 Å². The third kappa shape index (κ3) is 2.47. The van der Waals surface area contributed by atoms with Crippen molar-refractivity contribution in [3.05, 3.63) is 46.7 Å². The van der Waals surface area contributed by atoms with Gasteiger partial charge in [-0.2, -0.15) is 5.10 Å². The topological polar surface area (TPSA) is 73.0 Å². The molecule has 0 aliphatic heterocycles. The Bertz CT molecular complexity index is 861. The van der Waals surface area contributed by atoms with Gasteiger partial charge in [0.2, 0.25) is 0 Å². The molecule has 0 unspecified atom stereocenters. The highest BCUT2D eigenvalue weighted by atomic mass is 16.3. The number of rotatable bonds is 3. The van der Waals surface area contributed by atoms with Crippen LogP contribution in [0.5, 0.6) is 0 Å². The highest BCUT2D eigenvalue weighted by Crippen LogP contribution is 2.21. The van der Waals surface area contributed by atoms with Crippen molar-refractivity contribution in [1.29, 1.82) is 0 Å². The van der Waals surface area contributed by atoms with Crippen molar-refractivity contribution < 1.29 is 9.21 Å². The van der Waals surface area contributed by atoms with E-state index in [0.29, 0.717) is 12.1 Å². The standard InChI is InChI=1S/C16H18N4O2/c1-9-7-13(14-11(3)19-20(4)15(14)18-9)16(21)17-8-12-6-5-10(2)22-12/h5-7H,8H2,1-4H3,(H,17,21). The zero-order chi connectivity index (χ0) is 15.9. The summed E-state index contributed by atoms with van der Waals surface area (Å²) in [6, 6.07) is 5.53. The lowest BCUT2D eigenvalue weighted by atomic mass is 10.1. The molecule has 1 amide bonds. The van der Waals surface area contributed by atoms with Crippen molar-refractivity contribution in [3.63, 3.8) is 0 Å². The van der Waals surface area contributed by atoms with Crippen molar-refractivity contribution in [2.75, 3.05) is 0 Å². The summed E-state index contributed by atoms with van der Waals surface area (Å²) in [5.41, 5.74) is 2.89. The fourth-order valence-corrected chi connectivity index (χ4v) is 2.59. The number of hydrogen-bond donors (Lipinski definition) is 1. The molecule has 3 heterocycles. The van der Waals surface area contributed by atoms with Gasteiger partial charge in [0.25, 0.3) is 5.91 Å². The van der Waals surface area contributed by atoms with Gasteiger partial charge in [0.1, 0.15) is 11.5 Å². The predicted molar refractivity (Wildman–Crippen MR) is 82.6 cm³/mol. The maximum atomic E-state index is 12.5. The molecule has 22 heavy (non-hydrogen) atoms. The van der Waals surface area contributed by atoms with Gasteiger partial charge in [-0.05, 0) is 39.0 Å². The molecule has 3 aromatic rings. The highest BCUT2D eigenvalue weighted by molar-refractivity contribution is 6.06. The van der Waals surface area contributed by atoms with Crippen LogP contribution in [-0.4, -0.2) is 20.7 Å². The van der Waals surface area contributed by atoms with Gasteiger partial charge in [-0.1, -0.05) is 0 Å². The summed E-state index contributed by atoms with van der Waals surface area (Å²) in [5.74, 6) is 1.41. The number of nitrogens with zero attached hydrogens (tertiary/aromatic N) is 3. The van der Waals surface area contributed by atoms with E-state index < -0.39 is 0 Å². The van der Waals surface area contributed by atoms with Gasteiger partial charge >= 0.3 is 0 Å². The molecule has 1 N–H and O–H groups in total. The van der Waals surface area contributed by atoms with E-state index in [0.717, 1.165) is 33.9 Å². The van der Waals surface area contributed by atoms with Crippen molar-refractivity contribution in [1.82, 2.24) is 20.1 Å². The van der Waals surface area contributed by atoms with Crippen molar-refractivity contribution >= 4 is 16.9 Å². The maximum absolute atomic E-state index is 12.5. The molecule has 0 saturated heterocycles. The molecule has 6 nitrogen and oxygen atoms in total. The zero-order valence-corrected chi connectivity index (χ0v) is 13.1. The molecule has 3 aromatic heterocycles. The molecule has 0 aliphatic rings. The highest BCUT2D eigenvalue weighted by Gasteiger charge is 2.17. The number of fused-ring (bicyclic) bond motifs is 1. The predicted octanol–water partition coefficient (Wildman–Crippen LogP) is 2.42. The SMILES string of the molecule is Cc1cc(C(=O)NCc2ccc(C)o2)c2c(C)nn(C)c2n1. The van der Waals surface area contributed by atoms with Gasteiger partial charge in [-0.25, -0.2) is 4.98 Å². The van der Waals surface area contributed by atoms with Crippen LogP contribution >= 0.6 is 0 Å². The fourth-order valence-electron chi connectivity index (χ4n) is 2.59. The molecular weight excluding hydrogens is 280 g/mol. The molecule has 3 rings (SSSR count). The molecular formula is C16H18N4O2. The first-order valence-electron chi connectivity index (χ1n) is 7.10. The van der Waals surface area contributed by atoms with Gasteiger partial charge in [0, 0.05) is 12.7 Å². The van der Waals surface area contributed by atoms with Crippen LogP contribution in [0.4, 0.5) is 0 Å². The summed E-state index contributed by atoms with van der Waals surface area (Å²) in [7, 11) is 1.83. The third-order valence-corrected chi connectivity index (χ3v) is 3.56. The van der Waals surface area contributed by atoms with Gasteiger partial charge in [-0.15, -0.1) is 0 Å². The molecule has 0 radical (unpaired) electrons. The van der Waals surface area contributed by atoms with Crippen LogP contribution in [0.2, 0.25) is 0 Å². The second-order valence-corrected chi connectivity index (χ2v) is 5.41. The number of amides is 1. The Labute approximate surface area is 128 Å². The fraction of sp³-hybridized carbons (Fsp3) is 0.312. The van der Waals surface area contributed by atoms with E-state index in [9.17, 15) is 4.79 Å². The quantitative estimate of drug-likeness (QED) is 0.806. The molecule has 6 heteroatoms. The van der Waals surface area contributed by atoms with Crippen molar-refractivity contribution in [2.45, 2.75) is 27.3 Å². The Balaban J connectivity index is 1.93. The summed E-state index contributed by atoms with van der Waals surface area (Å²) >= 11 is 0. The number of pyridine rings is 1. The Hall–Kier alpha value is -2.63. The molecule has 0 aromatic carbocycles. The maximum Gasteiger partial charge on any atom is 0.252 e. The summed E-state index contributed by atoms with van der Waals surface area (Å²) in [5, 5.41) is 8.03. The molecule has 0 spiro atoms. The molecule has 0 aliphatic carbocycles. The monoisotopic (exact) mass is 298 g/mol. The van der Waals surface area contributed by atoms with Gasteiger partial charge in [-0.3, -0.25) is 9.48 Å². The number of aryl methyl sites for hydroxylation is 4. The van der Waals surface area contributed by atoms with E-state index in [-0.39, 0.29) is 5.91 Å². The molecule has 0 fully saturated rings. The van der Waals surface area contributed by atoms with E-state index in [1.165, 1.54) is 0 Å². The summed E-state index contributed by atoms with van der Waals surface area (Å²) in [6.07, 6.45) is 0. The van der Waals surface area contributed by atoms with Crippen molar-refractivity contribution in [3.8, 4) is 0 Å². The van der Waals surface area contributed by atoms with Crippen LogP contribution in [0.3, 0.4) is 0 Å². The van der Waals surface area contributed by atoms with Crippen LogP contribution in [-0.2, 0) is 13.6 Å². The molecule has 114 valence electrons. The van der Waals surface area contributed by atoms with Crippen LogP contribution < -0.4 is 5.32 Å². The lowest BCUT2D eigenvalue weighted by Crippen LogP contribution is -2.23. The number of carbonyl (C=O) groups excluding carboxylic acids is 1. The van der Waals surface area contributed by atoms with Gasteiger partial charge < -0.3 is 9.73 Å². The largest absolute Gasteiger partial charge is 0.465 e. The first-order valence-corrected chi connectivity index (χ1v) is 7.10. The minimum atomic E-state index is -0.152. The number of hydrogen-bond acceptors (Lipinski definition) is 4. The van der Waals surface area contributed by atoms with Crippen LogP contribution in [0.1, 0.15) is 33.3 Å². The van der Waals surface area contributed by atoms with Gasteiger partial charge in [0.05, 0.1) is 23.2 Å². The smallest absolute Gasteiger partial charge is 0.252 e. The number of furan rings is 1. The summed E-state index contributed by atoms with van der Waals surface area (Å²) in [4.78, 5) is 17.0. The first-order chi connectivity index (χ1) is 10.5. The normalized spacial score (nSPS) is 11.1. The Morgan fingerprint density at radius 2 is 2.09 bits per heavy atom. The average Bonchev–Trinajstić information content (AvgIpc) is 3.00. The van der Waals surface area contributed by atoms with Crippen LogP contribution in [0.15, 0.2) is 22.6 Å². The Kier molecular flexibility index (Phi) is 3.44. The molecule has 0 bridgehead atoms.